The topological polar surface area (TPSA) is 81.4 Å². The number of thiophene rings is 1. The van der Waals surface area contributed by atoms with Gasteiger partial charge < -0.3 is 15.8 Å². The highest BCUT2D eigenvalue weighted by atomic mass is 32.1. The van der Waals surface area contributed by atoms with Gasteiger partial charge in [-0.1, -0.05) is 0 Å². The van der Waals surface area contributed by atoms with Crippen molar-refractivity contribution in [3.05, 3.63) is 16.0 Å². The molecule has 0 spiro atoms. The van der Waals surface area contributed by atoms with Crippen LogP contribution in [0.1, 0.15) is 46.5 Å². The second-order valence-electron chi connectivity index (χ2n) is 5.42. The van der Waals surface area contributed by atoms with Crippen LogP contribution in [-0.2, 0) is 9.53 Å². The molecule has 1 amide bonds. The van der Waals surface area contributed by atoms with E-state index in [0.29, 0.717) is 17.0 Å². The summed E-state index contributed by atoms with van der Waals surface area (Å²) in [7, 11) is 1.34. The van der Waals surface area contributed by atoms with E-state index in [-0.39, 0.29) is 11.4 Å². The maximum absolute atomic E-state index is 12.1. The zero-order valence-corrected chi connectivity index (χ0v) is 12.9. The molecule has 0 aromatic carbocycles. The predicted octanol–water partition coefficient (Wildman–Crippen LogP) is 2.36. The molecule has 1 heterocycles. The fourth-order valence-electron chi connectivity index (χ4n) is 2.36. The normalized spacial score (nSPS) is 16.4. The Kier molecular flexibility index (Phi) is 4.15. The van der Waals surface area contributed by atoms with E-state index < -0.39 is 5.97 Å². The number of esters is 1. The van der Waals surface area contributed by atoms with Crippen molar-refractivity contribution in [1.82, 2.24) is 0 Å². The third-order valence-electron chi connectivity index (χ3n) is 3.89. The number of nitrogens with two attached hydrogens (primary N) is 1. The number of hydrogen-bond acceptors (Lipinski definition) is 5. The zero-order valence-electron chi connectivity index (χ0n) is 12.0. The minimum Gasteiger partial charge on any atom is -0.465 e. The highest BCUT2D eigenvalue weighted by molar-refractivity contribution is 7.16. The lowest BCUT2D eigenvalue weighted by Gasteiger charge is -2.37. The summed E-state index contributed by atoms with van der Waals surface area (Å²) in [6.45, 7) is 3.77. The number of nitrogens with one attached hydrogen (secondary N) is 1. The zero-order chi connectivity index (χ0) is 14.9. The van der Waals surface area contributed by atoms with Gasteiger partial charge in [0.2, 0.25) is 5.91 Å². The van der Waals surface area contributed by atoms with E-state index in [9.17, 15) is 9.59 Å². The molecule has 1 fully saturated rings. The number of carbonyl (C=O) groups is 2. The van der Waals surface area contributed by atoms with Gasteiger partial charge in [0.15, 0.2) is 0 Å². The first kappa shape index (κ1) is 15.0. The molecular weight excluding hydrogens is 276 g/mol. The van der Waals surface area contributed by atoms with Gasteiger partial charge in [-0.15, -0.1) is 11.3 Å². The highest BCUT2D eigenvalue weighted by Crippen LogP contribution is 2.35. The third kappa shape index (κ3) is 2.86. The van der Waals surface area contributed by atoms with Crippen molar-refractivity contribution in [3.8, 4) is 0 Å². The average molecular weight is 296 g/mol. The smallest absolute Gasteiger partial charge is 0.341 e. The lowest BCUT2D eigenvalue weighted by Crippen LogP contribution is -2.48. The van der Waals surface area contributed by atoms with Crippen LogP contribution < -0.4 is 11.1 Å². The van der Waals surface area contributed by atoms with E-state index >= 15 is 0 Å². The average Bonchev–Trinajstić information content (AvgIpc) is 2.62. The number of carbonyl (C=O) groups excluding carboxylic acids is 2. The van der Waals surface area contributed by atoms with E-state index in [1.165, 1.54) is 18.4 Å². The third-order valence-corrected chi connectivity index (χ3v) is 5.01. The van der Waals surface area contributed by atoms with E-state index in [0.717, 1.165) is 29.7 Å². The summed E-state index contributed by atoms with van der Waals surface area (Å²) in [6, 6.07) is 0. The fraction of sp³-hybridized carbons (Fsp3) is 0.571. The molecule has 1 saturated carbocycles. The van der Waals surface area contributed by atoms with Crippen LogP contribution in [0.3, 0.4) is 0 Å². The summed E-state index contributed by atoms with van der Waals surface area (Å²) in [5.41, 5.74) is 7.00. The Labute approximate surface area is 122 Å². The van der Waals surface area contributed by atoms with Crippen molar-refractivity contribution in [3.63, 3.8) is 0 Å². The van der Waals surface area contributed by atoms with Gasteiger partial charge in [0, 0.05) is 16.8 Å². The molecule has 0 saturated heterocycles. The van der Waals surface area contributed by atoms with E-state index in [2.05, 4.69) is 5.32 Å². The molecule has 6 heteroatoms. The van der Waals surface area contributed by atoms with Crippen LogP contribution in [0.15, 0.2) is 0 Å². The lowest BCUT2D eigenvalue weighted by molar-refractivity contribution is -0.118. The number of hydrogen-bond donors (Lipinski definition) is 2. The van der Waals surface area contributed by atoms with Gasteiger partial charge in [-0.3, -0.25) is 4.79 Å². The van der Waals surface area contributed by atoms with Gasteiger partial charge in [-0.2, -0.15) is 0 Å². The van der Waals surface area contributed by atoms with E-state index in [1.54, 1.807) is 0 Å². The Morgan fingerprint density at radius 2 is 2.05 bits per heavy atom. The van der Waals surface area contributed by atoms with Gasteiger partial charge in [-0.25, -0.2) is 4.79 Å². The molecule has 0 atom stereocenters. The predicted molar refractivity (Wildman–Crippen MR) is 79.1 cm³/mol. The summed E-state index contributed by atoms with van der Waals surface area (Å²) in [5, 5.41) is 3.37. The van der Waals surface area contributed by atoms with Crippen LogP contribution >= 0.6 is 11.3 Å². The first-order valence-corrected chi connectivity index (χ1v) is 7.45. The molecule has 1 aromatic heterocycles. The molecule has 2 rings (SSSR count). The van der Waals surface area contributed by atoms with E-state index in [4.69, 9.17) is 10.5 Å². The first-order chi connectivity index (χ1) is 9.36. The van der Waals surface area contributed by atoms with Gasteiger partial charge in [0.25, 0.3) is 0 Å². The molecule has 20 heavy (non-hydrogen) atoms. The van der Waals surface area contributed by atoms with Crippen LogP contribution in [0.5, 0.6) is 0 Å². The summed E-state index contributed by atoms with van der Waals surface area (Å²) in [6.07, 6.45) is 3.14. The molecule has 0 unspecified atom stereocenters. The van der Waals surface area contributed by atoms with Crippen LogP contribution in [0.25, 0.3) is 0 Å². The van der Waals surface area contributed by atoms with Crippen molar-refractivity contribution in [2.75, 3.05) is 12.4 Å². The van der Waals surface area contributed by atoms with Crippen molar-refractivity contribution in [1.29, 1.82) is 0 Å². The molecule has 1 aromatic rings. The highest BCUT2D eigenvalue weighted by Gasteiger charge is 2.35. The Hall–Kier alpha value is -1.40. The number of anilines is 1. The second-order valence-corrected chi connectivity index (χ2v) is 6.64. The monoisotopic (exact) mass is 296 g/mol. The largest absolute Gasteiger partial charge is 0.465 e. The molecule has 1 aliphatic rings. The molecule has 0 bridgehead atoms. The summed E-state index contributed by atoms with van der Waals surface area (Å²) >= 11 is 1.39. The van der Waals surface area contributed by atoms with Crippen LogP contribution in [0.4, 0.5) is 5.00 Å². The maximum atomic E-state index is 12.1. The van der Waals surface area contributed by atoms with Crippen molar-refractivity contribution in [2.45, 2.75) is 45.1 Å². The first-order valence-electron chi connectivity index (χ1n) is 6.63. The fourth-order valence-corrected chi connectivity index (χ4v) is 3.43. The molecule has 3 N–H and O–H groups in total. The molecule has 110 valence electrons. The Morgan fingerprint density at radius 3 is 2.55 bits per heavy atom. The summed E-state index contributed by atoms with van der Waals surface area (Å²) < 4.78 is 4.78. The van der Waals surface area contributed by atoms with Crippen molar-refractivity contribution < 1.29 is 14.3 Å². The maximum Gasteiger partial charge on any atom is 0.341 e. The van der Waals surface area contributed by atoms with Crippen LogP contribution in [-0.4, -0.2) is 24.5 Å². The van der Waals surface area contributed by atoms with Crippen LogP contribution in [0.2, 0.25) is 0 Å². The number of ether oxygens (including phenoxy) is 1. The second kappa shape index (κ2) is 5.54. The van der Waals surface area contributed by atoms with E-state index in [1.807, 2.05) is 13.8 Å². The molecule has 0 radical (unpaired) electrons. The van der Waals surface area contributed by atoms with Crippen LogP contribution in [0, 0.1) is 13.8 Å². The van der Waals surface area contributed by atoms with Crippen molar-refractivity contribution in [2.24, 2.45) is 5.73 Å². The van der Waals surface area contributed by atoms with Crippen molar-refractivity contribution >= 4 is 28.2 Å². The summed E-state index contributed by atoms with van der Waals surface area (Å²) in [4.78, 5) is 24.9. The number of amides is 1. The minimum atomic E-state index is -0.423. The summed E-state index contributed by atoms with van der Waals surface area (Å²) in [5.74, 6) is -0.563. The van der Waals surface area contributed by atoms with Gasteiger partial charge >= 0.3 is 5.97 Å². The molecule has 5 nitrogen and oxygen atoms in total. The Morgan fingerprint density at radius 1 is 1.40 bits per heavy atom. The number of aryl methyl sites for hydroxylation is 1. The lowest BCUT2D eigenvalue weighted by atomic mass is 9.75. The molecular formula is C14H20N2O3S. The molecule has 1 aliphatic carbocycles. The number of rotatable bonds is 4. The van der Waals surface area contributed by atoms with Gasteiger partial charge in [-0.05, 0) is 38.7 Å². The Bertz CT molecular complexity index is 547. The Balaban J connectivity index is 2.14. The van der Waals surface area contributed by atoms with Gasteiger partial charge in [0.1, 0.15) is 5.00 Å². The quantitative estimate of drug-likeness (QED) is 0.836. The number of methoxy groups -OCH3 is 1. The molecule has 0 aliphatic heterocycles. The standard InChI is InChI=1S/C14H20N2O3S/c1-8-9(2)20-12(11(8)13(18)19-3)16-10(17)7-14(15)5-4-6-14/h4-7,15H2,1-3H3,(H,16,17). The SMILES string of the molecule is COC(=O)c1c(NC(=O)CC2(N)CCC2)sc(C)c1C. The van der Waals surface area contributed by atoms with Gasteiger partial charge in [0.05, 0.1) is 12.7 Å². The minimum absolute atomic E-state index is 0.140.